The summed E-state index contributed by atoms with van der Waals surface area (Å²) in [5, 5.41) is 1.00. The van der Waals surface area contributed by atoms with Crippen molar-refractivity contribution in [3.63, 3.8) is 0 Å². The summed E-state index contributed by atoms with van der Waals surface area (Å²) in [5.41, 5.74) is 2.88. The average molecular weight is 421 g/mol. The maximum Gasteiger partial charge on any atom is 0.273 e. The molecule has 0 saturated heterocycles. The van der Waals surface area contributed by atoms with E-state index in [9.17, 15) is 9.00 Å². The monoisotopic (exact) mass is 420 g/mol. The van der Waals surface area contributed by atoms with Crippen molar-refractivity contribution >= 4 is 44.0 Å². The van der Waals surface area contributed by atoms with Crippen LogP contribution in [0.15, 0.2) is 83.8 Å². The van der Waals surface area contributed by atoms with E-state index in [0.717, 1.165) is 26.9 Å². The van der Waals surface area contributed by atoms with Gasteiger partial charge in [-0.1, -0.05) is 54.6 Å². The number of amides is 1. The van der Waals surface area contributed by atoms with Gasteiger partial charge in [-0.05, 0) is 40.8 Å². The van der Waals surface area contributed by atoms with Gasteiger partial charge in [0.25, 0.3) is 5.91 Å². The Morgan fingerprint density at radius 1 is 0.931 bits per heavy atom. The summed E-state index contributed by atoms with van der Waals surface area (Å²) in [6, 6.07) is 25.1. The predicted octanol–water partition coefficient (Wildman–Crippen LogP) is 5.09. The zero-order valence-electron chi connectivity index (χ0n) is 16.1. The van der Waals surface area contributed by atoms with E-state index < -0.39 is 11.0 Å². The zero-order chi connectivity index (χ0) is 20.4. The highest BCUT2D eigenvalue weighted by Crippen LogP contribution is 2.30. The minimum atomic E-state index is -1.66. The number of thiophene rings is 1. The van der Waals surface area contributed by atoms with Crippen molar-refractivity contribution in [1.29, 1.82) is 0 Å². The molecular weight excluding hydrogens is 400 g/mol. The standard InChI is InChI=1S/C23H20N2O2S2/c1-25(2)18-13-12-17-14-21(28-20(17)15-18)23(26)24-29(27)22-11-7-6-10-19(22)16-8-4-3-5-9-16/h3-15H,1-2H3,(H,24,26). The largest absolute Gasteiger partial charge is 0.378 e. The second-order valence-corrected chi connectivity index (χ2v) is 9.05. The van der Waals surface area contributed by atoms with Gasteiger partial charge in [-0.3, -0.25) is 9.52 Å². The van der Waals surface area contributed by atoms with Crippen molar-refractivity contribution in [1.82, 2.24) is 4.72 Å². The first-order valence-electron chi connectivity index (χ1n) is 9.11. The highest BCUT2D eigenvalue weighted by molar-refractivity contribution is 7.83. The minimum Gasteiger partial charge on any atom is -0.378 e. The van der Waals surface area contributed by atoms with Crippen LogP contribution in [-0.2, 0) is 11.0 Å². The second-order valence-electron chi connectivity index (χ2n) is 6.79. The number of fused-ring (bicyclic) bond motifs is 1. The quantitative estimate of drug-likeness (QED) is 0.489. The number of nitrogens with one attached hydrogen (secondary N) is 1. The van der Waals surface area contributed by atoms with Crippen LogP contribution in [-0.4, -0.2) is 24.2 Å². The average Bonchev–Trinajstić information content (AvgIpc) is 3.18. The highest BCUT2D eigenvalue weighted by atomic mass is 32.2. The Kier molecular flexibility index (Phi) is 5.47. The molecule has 1 amide bonds. The first-order chi connectivity index (χ1) is 14.0. The normalized spacial score (nSPS) is 11.9. The number of benzene rings is 3. The molecule has 0 aliphatic carbocycles. The van der Waals surface area contributed by atoms with Gasteiger partial charge in [0, 0.05) is 24.5 Å². The van der Waals surface area contributed by atoms with E-state index in [2.05, 4.69) is 10.8 Å². The van der Waals surface area contributed by atoms with Gasteiger partial charge in [0.1, 0.15) is 0 Å². The van der Waals surface area contributed by atoms with Crippen molar-refractivity contribution in [2.24, 2.45) is 0 Å². The summed E-state index contributed by atoms with van der Waals surface area (Å²) < 4.78 is 16.6. The topological polar surface area (TPSA) is 49.4 Å². The van der Waals surface area contributed by atoms with Crippen LogP contribution in [0.25, 0.3) is 21.2 Å². The molecule has 0 spiro atoms. The summed E-state index contributed by atoms with van der Waals surface area (Å²) >= 11 is 1.40. The van der Waals surface area contributed by atoms with Crippen LogP contribution < -0.4 is 9.62 Å². The zero-order valence-corrected chi connectivity index (χ0v) is 17.7. The van der Waals surface area contributed by atoms with Crippen LogP contribution in [0.2, 0.25) is 0 Å². The Morgan fingerprint density at radius 3 is 2.41 bits per heavy atom. The van der Waals surface area contributed by atoms with Gasteiger partial charge in [0.05, 0.1) is 9.77 Å². The molecule has 1 atom stereocenters. The Bertz CT molecular complexity index is 1200. The fourth-order valence-electron chi connectivity index (χ4n) is 3.08. The lowest BCUT2D eigenvalue weighted by molar-refractivity contribution is 0.0987. The summed E-state index contributed by atoms with van der Waals surface area (Å²) in [7, 11) is 2.30. The maximum atomic E-state index is 13.0. The first kappa shape index (κ1) is 19.4. The van der Waals surface area contributed by atoms with Crippen LogP contribution in [0, 0.1) is 0 Å². The Morgan fingerprint density at radius 2 is 1.66 bits per heavy atom. The number of hydrogen-bond donors (Lipinski definition) is 1. The molecule has 0 aliphatic rings. The number of hydrogen-bond acceptors (Lipinski definition) is 4. The van der Waals surface area contributed by atoms with Crippen molar-refractivity contribution in [3.05, 3.63) is 83.7 Å². The molecular formula is C23H20N2O2S2. The molecule has 1 unspecified atom stereocenters. The van der Waals surface area contributed by atoms with Crippen molar-refractivity contribution in [2.75, 3.05) is 19.0 Å². The summed E-state index contributed by atoms with van der Waals surface area (Å²) in [4.78, 5) is 15.9. The third kappa shape index (κ3) is 4.09. The first-order valence-corrected chi connectivity index (χ1v) is 11.1. The molecule has 1 aromatic heterocycles. The molecule has 3 aromatic carbocycles. The summed E-state index contributed by atoms with van der Waals surface area (Å²) in [6.07, 6.45) is 0. The van der Waals surface area contributed by atoms with E-state index in [1.54, 1.807) is 6.07 Å². The van der Waals surface area contributed by atoms with Crippen molar-refractivity contribution in [3.8, 4) is 11.1 Å². The van der Waals surface area contributed by atoms with Gasteiger partial charge in [-0.15, -0.1) is 11.3 Å². The molecule has 1 N–H and O–H groups in total. The number of rotatable bonds is 5. The van der Waals surface area contributed by atoms with E-state index in [-0.39, 0.29) is 5.91 Å². The van der Waals surface area contributed by atoms with Crippen LogP contribution in [0.5, 0.6) is 0 Å². The van der Waals surface area contributed by atoms with Crippen LogP contribution in [0.3, 0.4) is 0 Å². The smallest absolute Gasteiger partial charge is 0.273 e. The number of carbonyl (C=O) groups excluding carboxylic acids is 1. The maximum absolute atomic E-state index is 13.0. The third-order valence-electron chi connectivity index (χ3n) is 4.60. The lowest BCUT2D eigenvalue weighted by Crippen LogP contribution is -2.25. The molecule has 1 heterocycles. The molecule has 29 heavy (non-hydrogen) atoms. The Hall–Kier alpha value is -2.96. The van der Waals surface area contributed by atoms with E-state index in [1.165, 1.54) is 11.3 Å². The van der Waals surface area contributed by atoms with Gasteiger partial charge in [0.15, 0.2) is 11.0 Å². The van der Waals surface area contributed by atoms with Crippen LogP contribution in [0.1, 0.15) is 9.67 Å². The molecule has 0 radical (unpaired) electrons. The van der Waals surface area contributed by atoms with E-state index in [1.807, 2.05) is 85.7 Å². The van der Waals surface area contributed by atoms with Crippen LogP contribution in [0.4, 0.5) is 5.69 Å². The molecule has 6 heteroatoms. The SMILES string of the molecule is CN(C)c1ccc2cc(C(=O)NS(=O)c3ccccc3-c3ccccc3)sc2c1. The van der Waals surface area contributed by atoms with Gasteiger partial charge in [-0.2, -0.15) is 0 Å². The molecule has 4 nitrogen and oxygen atoms in total. The molecule has 0 saturated carbocycles. The van der Waals surface area contributed by atoms with Crippen molar-refractivity contribution < 1.29 is 9.00 Å². The molecule has 0 aliphatic heterocycles. The van der Waals surface area contributed by atoms with E-state index >= 15 is 0 Å². The van der Waals surface area contributed by atoms with Gasteiger partial charge >= 0.3 is 0 Å². The fraction of sp³-hybridized carbons (Fsp3) is 0.0870. The summed E-state index contributed by atoms with van der Waals surface area (Å²) in [5.74, 6) is -0.334. The Balaban J connectivity index is 1.60. The lowest BCUT2D eigenvalue weighted by atomic mass is 10.1. The van der Waals surface area contributed by atoms with E-state index in [0.29, 0.717) is 9.77 Å². The molecule has 4 aromatic rings. The fourth-order valence-corrected chi connectivity index (χ4v) is 5.12. The Labute approximate surface area is 176 Å². The number of anilines is 1. The van der Waals surface area contributed by atoms with E-state index in [4.69, 9.17) is 0 Å². The summed E-state index contributed by atoms with van der Waals surface area (Å²) in [6.45, 7) is 0. The van der Waals surface area contributed by atoms with Gasteiger partial charge in [-0.25, -0.2) is 4.21 Å². The molecule has 0 bridgehead atoms. The van der Waals surface area contributed by atoms with Gasteiger partial charge in [0.2, 0.25) is 0 Å². The highest BCUT2D eigenvalue weighted by Gasteiger charge is 2.17. The molecule has 4 rings (SSSR count). The second kappa shape index (κ2) is 8.19. The molecule has 0 fully saturated rings. The minimum absolute atomic E-state index is 0.334. The number of carbonyl (C=O) groups is 1. The lowest BCUT2D eigenvalue weighted by Gasteiger charge is -2.11. The van der Waals surface area contributed by atoms with Crippen molar-refractivity contribution in [2.45, 2.75) is 4.90 Å². The van der Waals surface area contributed by atoms with Crippen LogP contribution >= 0.6 is 11.3 Å². The molecule has 146 valence electrons. The number of nitrogens with zero attached hydrogens (tertiary/aromatic N) is 1. The third-order valence-corrected chi connectivity index (χ3v) is 6.82. The van der Waals surface area contributed by atoms with Gasteiger partial charge < -0.3 is 4.90 Å². The predicted molar refractivity (Wildman–Crippen MR) is 122 cm³/mol.